The highest BCUT2D eigenvalue weighted by atomic mass is 35.5. The molecule has 128 valence electrons. The van der Waals surface area contributed by atoms with Gasteiger partial charge in [0.15, 0.2) is 0 Å². The van der Waals surface area contributed by atoms with Crippen LogP contribution in [0, 0.1) is 23.6 Å². The van der Waals surface area contributed by atoms with Crippen LogP contribution in [0.4, 0.5) is 4.39 Å². The van der Waals surface area contributed by atoms with E-state index in [-0.39, 0.29) is 36.1 Å². The van der Waals surface area contributed by atoms with Gasteiger partial charge in [-0.3, -0.25) is 4.79 Å². The fourth-order valence-corrected chi connectivity index (χ4v) is 4.54. The van der Waals surface area contributed by atoms with E-state index >= 15 is 0 Å². The molecule has 0 bridgehead atoms. The van der Waals surface area contributed by atoms with Gasteiger partial charge >= 0.3 is 0 Å². The lowest BCUT2D eigenvalue weighted by Gasteiger charge is -2.22. The molecular formula is C17H24ClFN2OS. The smallest absolute Gasteiger partial charge is 0.226 e. The molecule has 0 spiro atoms. The highest BCUT2D eigenvalue weighted by Crippen LogP contribution is 2.37. The number of rotatable bonds is 4. The van der Waals surface area contributed by atoms with E-state index in [4.69, 9.17) is 5.73 Å². The van der Waals surface area contributed by atoms with Crippen molar-refractivity contribution < 1.29 is 9.18 Å². The maximum atomic E-state index is 12.9. The number of hydrogen-bond acceptors (Lipinski definition) is 3. The van der Waals surface area contributed by atoms with Crippen molar-refractivity contribution in [3.05, 3.63) is 30.1 Å². The van der Waals surface area contributed by atoms with Crippen LogP contribution in [0.3, 0.4) is 0 Å². The number of fused-ring (bicyclic) bond motifs is 1. The number of thioether (sulfide) groups is 1. The molecule has 1 heterocycles. The van der Waals surface area contributed by atoms with E-state index in [1.165, 1.54) is 12.1 Å². The molecule has 1 aromatic carbocycles. The van der Waals surface area contributed by atoms with Crippen LogP contribution in [0.2, 0.25) is 0 Å². The lowest BCUT2D eigenvalue weighted by molar-refractivity contribution is -0.133. The number of benzene rings is 1. The molecule has 0 aromatic heterocycles. The third-order valence-corrected chi connectivity index (χ3v) is 6.23. The Kier molecular flexibility index (Phi) is 6.34. The van der Waals surface area contributed by atoms with E-state index < -0.39 is 0 Å². The number of halogens is 2. The zero-order valence-corrected chi connectivity index (χ0v) is 14.9. The minimum Gasteiger partial charge on any atom is -0.342 e. The van der Waals surface area contributed by atoms with Crippen molar-refractivity contribution in [3.63, 3.8) is 0 Å². The third kappa shape index (κ3) is 4.20. The molecule has 1 aliphatic carbocycles. The van der Waals surface area contributed by atoms with Crippen molar-refractivity contribution in [3.8, 4) is 0 Å². The van der Waals surface area contributed by atoms with Gasteiger partial charge in [-0.05, 0) is 48.9 Å². The summed E-state index contributed by atoms with van der Waals surface area (Å²) in [5.74, 6) is 1.81. The molecule has 4 unspecified atom stereocenters. The molecule has 23 heavy (non-hydrogen) atoms. The monoisotopic (exact) mass is 358 g/mol. The first kappa shape index (κ1) is 18.6. The first-order chi connectivity index (χ1) is 10.5. The quantitative estimate of drug-likeness (QED) is 0.841. The molecular weight excluding hydrogens is 335 g/mol. The van der Waals surface area contributed by atoms with Gasteiger partial charge in [0.2, 0.25) is 5.91 Å². The second-order valence-corrected chi connectivity index (χ2v) is 7.67. The molecule has 6 heteroatoms. The summed E-state index contributed by atoms with van der Waals surface area (Å²) in [6.45, 7) is 3.69. The predicted molar refractivity (Wildman–Crippen MR) is 94.3 cm³/mol. The van der Waals surface area contributed by atoms with Gasteiger partial charge in [0.05, 0.1) is 0 Å². The maximum Gasteiger partial charge on any atom is 0.226 e. The van der Waals surface area contributed by atoms with Gasteiger partial charge in [-0.15, -0.1) is 24.2 Å². The number of carbonyl (C=O) groups is 1. The van der Waals surface area contributed by atoms with E-state index in [9.17, 15) is 9.18 Å². The zero-order chi connectivity index (χ0) is 15.7. The van der Waals surface area contributed by atoms with Crippen molar-refractivity contribution >= 4 is 30.1 Å². The van der Waals surface area contributed by atoms with Gasteiger partial charge in [0.1, 0.15) is 5.82 Å². The molecule has 1 aromatic rings. The van der Waals surface area contributed by atoms with Gasteiger partial charge in [-0.2, -0.15) is 0 Å². The largest absolute Gasteiger partial charge is 0.342 e. The van der Waals surface area contributed by atoms with Crippen LogP contribution in [0.5, 0.6) is 0 Å². The number of nitrogens with zero attached hydrogens (tertiary/aromatic N) is 1. The number of amides is 1. The summed E-state index contributed by atoms with van der Waals surface area (Å²) in [5.41, 5.74) is 6.13. The Morgan fingerprint density at radius 3 is 2.70 bits per heavy atom. The molecule has 2 aliphatic rings. The molecule has 2 fully saturated rings. The Morgan fingerprint density at radius 1 is 1.35 bits per heavy atom. The summed E-state index contributed by atoms with van der Waals surface area (Å²) in [7, 11) is 0. The van der Waals surface area contributed by atoms with Crippen LogP contribution >= 0.6 is 24.2 Å². The first-order valence-electron chi connectivity index (χ1n) is 7.97. The van der Waals surface area contributed by atoms with E-state index in [0.717, 1.165) is 36.6 Å². The van der Waals surface area contributed by atoms with Crippen LogP contribution in [0.15, 0.2) is 29.2 Å². The summed E-state index contributed by atoms with van der Waals surface area (Å²) < 4.78 is 12.9. The number of hydrogen-bond donors (Lipinski definition) is 1. The fourth-order valence-electron chi connectivity index (χ4n) is 3.62. The van der Waals surface area contributed by atoms with Crippen molar-refractivity contribution in [2.24, 2.45) is 23.5 Å². The van der Waals surface area contributed by atoms with Gasteiger partial charge in [0, 0.05) is 35.7 Å². The summed E-state index contributed by atoms with van der Waals surface area (Å²) in [6, 6.07) is 6.70. The molecule has 3 rings (SSSR count). The minimum atomic E-state index is -0.228. The maximum absolute atomic E-state index is 12.9. The Balaban J connectivity index is 0.00000192. The number of nitrogens with two attached hydrogens (primary N) is 1. The SMILES string of the molecule is CC(CSc1ccc(F)cc1)C(=O)N1CC2CCC(N)C2C1.Cl. The van der Waals surface area contributed by atoms with E-state index in [1.807, 2.05) is 11.8 Å². The van der Waals surface area contributed by atoms with Gasteiger partial charge < -0.3 is 10.6 Å². The highest BCUT2D eigenvalue weighted by molar-refractivity contribution is 7.99. The van der Waals surface area contributed by atoms with E-state index in [0.29, 0.717) is 11.8 Å². The molecule has 4 atom stereocenters. The van der Waals surface area contributed by atoms with Crippen molar-refractivity contribution in [1.82, 2.24) is 4.90 Å². The zero-order valence-electron chi connectivity index (χ0n) is 13.3. The summed E-state index contributed by atoms with van der Waals surface area (Å²) in [5, 5.41) is 0. The van der Waals surface area contributed by atoms with Gasteiger partial charge in [-0.25, -0.2) is 4.39 Å². The average molecular weight is 359 g/mol. The lowest BCUT2D eigenvalue weighted by atomic mass is 9.98. The summed E-state index contributed by atoms with van der Waals surface area (Å²) in [4.78, 5) is 15.6. The van der Waals surface area contributed by atoms with Crippen LogP contribution in [0.1, 0.15) is 19.8 Å². The summed E-state index contributed by atoms with van der Waals surface area (Å²) >= 11 is 1.61. The average Bonchev–Trinajstić information content (AvgIpc) is 3.08. The van der Waals surface area contributed by atoms with E-state index in [2.05, 4.69) is 0 Å². The summed E-state index contributed by atoms with van der Waals surface area (Å²) in [6.07, 6.45) is 2.27. The Hall–Kier alpha value is -0.780. The number of likely N-dealkylation sites (tertiary alicyclic amines) is 1. The lowest BCUT2D eigenvalue weighted by Crippen LogP contribution is -2.37. The second kappa shape index (κ2) is 7.86. The van der Waals surface area contributed by atoms with Crippen molar-refractivity contribution in [1.29, 1.82) is 0 Å². The molecule has 1 saturated carbocycles. The Bertz CT molecular complexity index is 542. The molecule has 0 radical (unpaired) electrons. The second-order valence-electron chi connectivity index (χ2n) is 6.57. The molecule has 1 aliphatic heterocycles. The first-order valence-corrected chi connectivity index (χ1v) is 8.96. The molecule has 1 saturated heterocycles. The van der Waals surface area contributed by atoms with Crippen LogP contribution in [0.25, 0.3) is 0 Å². The van der Waals surface area contributed by atoms with Crippen LogP contribution in [-0.2, 0) is 4.79 Å². The standard InChI is InChI=1S/C17H23FN2OS.ClH/c1-11(10-22-14-5-3-13(18)4-6-14)17(21)20-8-12-2-7-16(19)15(12)9-20;/h3-6,11-12,15-16H,2,7-10,19H2,1H3;1H. The molecule has 2 N–H and O–H groups in total. The van der Waals surface area contributed by atoms with Gasteiger partial charge in [0.25, 0.3) is 0 Å². The van der Waals surface area contributed by atoms with Gasteiger partial charge in [-0.1, -0.05) is 6.92 Å². The molecule has 1 amide bonds. The number of carbonyl (C=O) groups excluding carboxylic acids is 1. The normalized spacial score (nSPS) is 27.4. The van der Waals surface area contributed by atoms with Crippen LogP contribution < -0.4 is 5.73 Å². The highest BCUT2D eigenvalue weighted by Gasteiger charge is 2.42. The molecule has 3 nitrogen and oxygen atoms in total. The Labute approximate surface area is 147 Å². The van der Waals surface area contributed by atoms with E-state index in [1.54, 1.807) is 23.9 Å². The third-order valence-electron chi connectivity index (χ3n) is 4.96. The Morgan fingerprint density at radius 2 is 2.04 bits per heavy atom. The predicted octanol–water partition coefficient (Wildman–Crippen LogP) is 3.17. The van der Waals surface area contributed by atoms with Crippen molar-refractivity contribution in [2.75, 3.05) is 18.8 Å². The minimum absolute atomic E-state index is 0. The topological polar surface area (TPSA) is 46.3 Å². The fraction of sp³-hybridized carbons (Fsp3) is 0.588. The van der Waals surface area contributed by atoms with Crippen LogP contribution in [-0.4, -0.2) is 35.7 Å². The van der Waals surface area contributed by atoms with Crippen molar-refractivity contribution in [2.45, 2.75) is 30.7 Å².